The smallest absolute Gasteiger partial charge is 0.258 e. The van der Waals surface area contributed by atoms with Crippen LogP contribution >= 0.6 is 0 Å². The van der Waals surface area contributed by atoms with E-state index < -0.39 is 10.0 Å². The van der Waals surface area contributed by atoms with Crippen molar-refractivity contribution in [2.75, 3.05) is 5.32 Å². The highest BCUT2D eigenvalue weighted by molar-refractivity contribution is 7.89. The van der Waals surface area contributed by atoms with Crippen molar-refractivity contribution in [3.63, 3.8) is 0 Å². The second kappa shape index (κ2) is 8.54. The van der Waals surface area contributed by atoms with Crippen molar-refractivity contribution >= 4 is 32.5 Å². The molecule has 2 aromatic carbocycles. The van der Waals surface area contributed by atoms with E-state index in [0.717, 1.165) is 0 Å². The molecule has 4 N–H and O–H groups in total. The lowest BCUT2D eigenvalue weighted by atomic mass is 10.1. The van der Waals surface area contributed by atoms with E-state index in [4.69, 9.17) is 5.14 Å². The van der Waals surface area contributed by atoms with Gasteiger partial charge in [-0.15, -0.1) is 0 Å². The van der Waals surface area contributed by atoms with E-state index in [1.807, 2.05) is 13.0 Å². The molecule has 8 nitrogen and oxygen atoms in total. The minimum Gasteiger partial charge on any atom is -0.326 e. The highest BCUT2D eigenvalue weighted by Crippen LogP contribution is 2.20. The van der Waals surface area contributed by atoms with Gasteiger partial charge in [-0.25, -0.2) is 18.5 Å². The molecular formula is C20H22N4O4S. The Labute approximate surface area is 168 Å². The van der Waals surface area contributed by atoms with Crippen molar-refractivity contribution in [1.82, 2.24) is 9.97 Å². The number of aromatic amines is 1. The minimum atomic E-state index is -3.87. The number of primary sulfonamides is 1. The zero-order valence-corrected chi connectivity index (χ0v) is 16.8. The lowest BCUT2D eigenvalue weighted by Crippen LogP contribution is -2.17. The molecule has 0 unspecified atom stereocenters. The molecule has 0 saturated heterocycles. The maximum atomic E-state index is 12.2. The van der Waals surface area contributed by atoms with E-state index in [-0.39, 0.29) is 22.8 Å². The number of aromatic nitrogens is 2. The molecule has 0 saturated carbocycles. The molecule has 0 spiro atoms. The Morgan fingerprint density at radius 2 is 1.97 bits per heavy atom. The lowest BCUT2D eigenvalue weighted by Gasteiger charge is -2.10. The summed E-state index contributed by atoms with van der Waals surface area (Å²) in [5.74, 6) is 0.253. The van der Waals surface area contributed by atoms with Crippen molar-refractivity contribution in [2.45, 2.75) is 37.5 Å². The topological polar surface area (TPSA) is 135 Å². The van der Waals surface area contributed by atoms with Gasteiger partial charge in [-0.2, -0.15) is 0 Å². The molecule has 0 fully saturated rings. The Hall–Kier alpha value is -3.04. The van der Waals surface area contributed by atoms with Gasteiger partial charge in [0.2, 0.25) is 15.9 Å². The minimum absolute atomic E-state index is 0.00994. The fourth-order valence-electron chi connectivity index (χ4n) is 3.08. The number of aryl methyl sites for hydroxylation is 2. The third kappa shape index (κ3) is 5.07. The Kier molecular flexibility index (Phi) is 6.09. The molecule has 0 radical (unpaired) electrons. The number of para-hydroxylation sites is 1. The Morgan fingerprint density at radius 3 is 2.69 bits per heavy atom. The van der Waals surface area contributed by atoms with Crippen LogP contribution in [0.3, 0.4) is 0 Å². The number of anilines is 1. The van der Waals surface area contributed by atoms with Crippen molar-refractivity contribution in [3.8, 4) is 0 Å². The predicted molar refractivity (Wildman–Crippen MR) is 111 cm³/mol. The van der Waals surface area contributed by atoms with Gasteiger partial charge in [-0.1, -0.05) is 25.1 Å². The molecular weight excluding hydrogens is 392 g/mol. The molecule has 1 heterocycles. The number of hydrogen-bond donors (Lipinski definition) is 3. The Balaban J connectivity index is 1.63. The summed E-state index contributed by atoms with van der Waals surface area (Å²) in [5.41, 5.74) is 1.37. The van der Waals surface area contributed by atoms with Crippen LogP contribution in [0.25, 0.3) is 10.9 Å². The molecule has 3 aromatic rings. The summed E-state index contributed by atoms with van der Waals surface area (Å²) in [6.07, 6.45) is 1.61. The van der Waals surface area contributed by atoms with Gasteiger partial charge in [0, 0.05) is 18.5 Å². The second-order valence-corrected chi connectivity index (χ2v) is 8.18. The van der Waals surface area contributed by atoms with Crippen molar-refractivity contribution < 1.29 is 13.2 Å². The number of fused-ring (bicyclic) bond motifs is 1. The van der Waals surface area contributed by atoms with Crippen LogP contribution in [0.2, 0.25) is 0 Å². The van der Waals surface area contributed by atoms with Crippen LogP contribution in [0.5, 0.6) is 0 Å². The summed E-state index contributed by atoms with van der Waals surface area (Å²) >= 11 is 0. The van der Waals surface area contributed by atoms with Gasteiger partial charge in [-0.05, 0) is 42.7 Å². The molecule has 152 valence electrons. The van der Waals surface area contributed by atoms with Crippen LogP contribution in [-0.4, -0.2) is 24.3 Å². The van der Waals surface area contributed by atoms with Crippen molar-refractivity contribution in [1.29, 1.82) is 0 Å². The average Bonchev–Trinajstić information content (AvgIpc) is 2.67. The van der Waals surface area contributed by atoms with Crippen LogP contribution in [-0.2, 0) is 27.7 Å². The van der Waals surface area contributed by atoms with Gasteiger partial charge in [0.05, 0.1) is 15.8 Å². The third-order valence-electron chi connectivity index (χ3n) is 4.52. The summed E-state index contributed by atoms with van der Waals surface area (Å²) in [6.45, 7) is 1.83. The number of sulfonamides is 1. The number of rotatable bonds is 7. The van der Waals surface area contributed by atoms with Gasteiger partial charge >= 0.3 is 0 Å². The van der Waals surface area contributed by atoms with E-state index in [1.54, 1.807) is 30.3 Å². The number of carbonyl (C=O) groups is 1. The molecule has 9 heteroatoms. The number of carbonyl (C=O) groups excluding carboxylic acids is 1. The first-order chi connectivity index (χ1) is 13.8. The monoisotopic (exact) mass is 414 g/mol. The number of nitrogens with two attached hydrogens (primary N) is 1. The van der Waals surface area contributed by atoms with Crippen LogP contribution in [0.4, 0.5) is 5.69 Å². The first-order valence-corrected chi connectivity index (χ1v) is 10.8. The molecule has 0 aliphatic heterocycles. The highest BCUT2D eigenvalue weighted by atomic mass is 32.2. The molecule has 29 heavy (non-hydrogen) atoms. The first kappa shape index (κ1) is 20.7. The molecule has 0 aliphatic rings. The number of benzene rings is 2. The molecule has 1 aromatic heterocycles. The Bertz CT molecular complexity index is 1220. The quantitative estimate of drug-likeness (QED) is 0.544. The zero-order valence-electron chi connectivity index (χ0n) is 15.9. The fourth-order valence-corrected chi connectivity index (χ4v) is 3.95. The Morgan fingerprint density at radius 1 is 1.21 bits per heavy atom. The molecule has 0 bridgehead atoms. The molecule has 0 atom stereocenters. The standard InChI is InChI=1S/C20H22N4O4S/c1-2-13-10-11-14(12-17(13)29(21,27)28)22-19(25)9-5-8-18-23-16-7-4-3-6-15(16)20(26)24-18/h3-4,6-7,10-12H,2,5,8-9H2,1H3,(H,22,25)(H2,21,27,28)(H,23,24,26). The van der Waals surface area contributed by atoms with E-state index in [9.17, 15) is 18.0 Å². The van der Waals surface area contributed by atoms with Gasteiger partial charge in [-0.3, -0.25) is 9.59 Å². The molecule has 3 rings (SSSR count). The second-order valence-electron chi connectivity index (χ2n) is 6.65. The van der Waals surface area contributed by atoms with Crippen LogP contribution in [0.15, 0.2) is 52.2 Å². The van der Waals surface area contributed by atoms with Crippen molar-refractivity contribution in [2.24, 2.45) is 5.14 Å². The number of H-pyrrole nitrogens is 1. The van der Waals surface area contributed by atoms with Gasteiger partial charge in [0.25, 0.3) is 5.56 Å². The normalized spacial score (nSPS) is 11.5. The maximum absolute atomic E-state index is 12.2. The summed E-state index contributed by atoms with van der Waals surface area (Å²) in [4.78, 5) is 31.4. The predicted octanol–water partition coefficient (Wildman–Crippen LogP) is 2.09. The number of hydrogen-bond acceptors (Lipinski definition) is 5. The fraction of sp³-hybridized carbons (Fsp3) is 0.250. The van der Waals surface area contributed by atoms with Gasteiger partial charge in [0.1, 0.15) is 5.82 Å². The third-order valence-corrected chi connectivity index (χ3v) is 5.51. The number of amides is 1. The van der Waals surface area contributed by atoms with E-state index >= 15 is 0 Å². The maximum Gasteiger partial charge on any atom is 0.258 e. The van der Waals surface area contributed by atoms with Crippen LogP contribution in [0.1, 0.15) is 31.2 Å². The van der Waals surface area contributed by atoms with E-state index in [2.05, 4.69) is 15.3 Å². The van der Waals surface area contributed by atoms with E-state index in [0.29, 0.717) is 47.2 Å². The first-order valence-electron chi connectivity index (χ1n) is 9.21. The van der Waals surface area contributed by atoms with Crippen LogP contribution < -0.4 is 16.0 Å². The molecule has 1 amide bonds. The van der Waals surface area contributed by atoms with Gasteiger partial charge < -0.3 is 10.3 Å². The summed E-state index contributed by atoms with van der Waals surface area (Å²) < 4.78 is 23.5. The van der Waals surface area contributed by atoms with E-state index in [1.165, 1.54) is 6.07 Å². The van der Waals surface area contributed by atoms with Crippen molar-refractivity contribution in [3.05, 3.63) is 64.2 Å². The number of nitrogens with zero attached hydrogens (tertiary/aromatic N) is 1. The SMILES string of the molecule is CCc1ccc(NC(=O)CCCc2nc3ccccc3c(=O)[nH]2)cc1S(N)(=O)=O. The largest absolute Gasteiger partial charge is 0.326 e. The average molecular weight is 414 g/mol. The summed E-state index contributed by atoms with van der Waals surface area (Å²) in [6, 6.07) is 11.7. The number of nitrogens with one attached hydrogen (secondary N) is 2. The van der Waals surface area contributed by atoms with Crippen LogP contribution in [0, 0.1) is 0 Å². The molecule has 0 aliphatic carbocycles. The lowest BCUT2D eigenvalue weighted by molar-refractivity contribution is -0.116. The summed E-state index contributed by atoms with van der Waals surface area (Å²) in [5, 5.41) is 8.46. The highest BCUT2D eigenvalue weighted by Gasteiger charge is 2.14. The zero-order chi connectivity index (χ0) is 21.0. The summed E-state index contributed by atoms with van der Waals surface area (Å²) in [7, 11) is -3.87. The van der Waals surface area contributed by atoms with Gasteiger partial charge in [0.15, 0.2) is 0 Å².